The minimum atomic E-state index is -0.742. The van der Waals surface area contributed by atoms with Crippen LogP contribution in [-0.2, 0) is 10.2 Å². The van der Waals surface area contributed by atoms with Crippen molar-refractivity contribution in [3.8, 4) is 22.5 Å². The number of carbonyl (C=O) groups is 1. The highest BCUT2D eigenvalue weighted by atomic mass is 16.3. The molecular weight excluding hydrogens is 442 g/mol. The first kappa shape index (κ1) is 21.8. The van der Waals surface area contributed by atoms with E-state index in [9.17, 15) is 9.90 Å². The quantitative estimate of drug-likeness (QED) is 0.397. The summed E-state index contributed by atoms with van der Waals surface area (Å²) in [5.41, 5.74) is 10.9. The highest BCUT2D eigenvalue weighted by molar-refractivity contribution is 5.92. The fourth-order valence-electron chi connectivity index (χ4n) is 5.28. The summed E-state index contributed by atoms with van der Waals surface area (Å²) in [6, 6.07) is 12.5. The fraction of sp³-hybridized carbons (Fsp3) is 0.385. The number of anilines is 1. The molecule has 0 saturated heterocycles. The number of nitrogens with one attached hydrogen (secondary N) is 1. The fourth-order valence-corrected chi connectivity index (χ4v) is 5.28. The van der Waals surface area contributed by atoms with Crippen molar-refractivity contribution in [2.45, 2.75) is 63.1 Å². The number of fused-ring (bicyclic) bond motifs is 1. The summed E-state index contributed by atoms with van der Waals surface area (Å²) in [5.74, 6) is 0.353. The van der Waals surface area contributed by atoms with Crippen LogP contribution in [0.4, 0.5) is 5.82 Å². The van der Waals surface area contributed by atoms with Crippen molar-refractivity contribution in [3.05, 3.63) is 54.5 Å². The second-order valence-corrected chi connectivity index (χ2v) is 10.1. The molecule has 180 valence electrons. The number of amides is 1. The molecule has 0 bridgehead atoms. The van der Waals surface area contributed by atoms with Crippen molar-refractivity contribution in [2.24, 2.45) is 0 Å². The van der Waals surface area contributed by atoms with Gasteiger partial charge in [0.25, 0.3) is 0 Å². The van der Waals surface area contributed by atoms with Gasteiger partial charge in [-0.2, -0.15) is 10.2 Å². The van der Waals surface area contributed by atoms with Crippen LogP contribution in [0.15, 0.2) is 48.9 Å². The molecular formula is C26H29N7O2. The van der Waals surface area contributed by atoms with Crippen LogP contribution < -0.4 is 11.1 Å². The van der Waals surface area contributed by atoms with E-state index in [0.29, 0.717) is 24.7 Å². The molecule has 9 heteroatoms. The van der Waals surface area contributed by atoms with E-state index in [0.717, 1.165) is 46.4 Å². The summed E-state index contributed by atoms with van der Waals surface area (Å²) < 4.78 is 3.88. The molecule has 3 aromatic heterocycles. The van der Waals surface area contributed by atoms with Crippen LogP contribution in [0.1, 0.15) is 51.1 Å². The standard InChI is InChI=1S/C26H29N7O2/c1-15(2)31-25(35)26(12-19(34)13-26)17-5-3-4-16(10-17)22-11-20(23-24(27)28-14-30-33(22)23)21-8-9-29-32(21)18-6-7-18/h3-5,8-11,14-15,18-19,34H,6-7,12-13H2,1-2H3,(H,31,35)(H2,27,28,30). The molecule has 1 amide bonds. The van der Waals surface area contributed by atoms with Crippen LogP contribution in [0.5, 0.6) is 0 Å². The number of nitrogens with two attached hydrogens (primary N) is 1. The number of aliphatic hydroxyl groups is 1. The molecule has 0 spiro atoms. The first-order valence-electron chi connectivity index (χ1n) is 12.1. The molecule has 0 radical (unpaired) electrons. The van der Waals surface area contributed by atoms with Crippen LogP contribution in [0, 0.1) is 0 Å². The first-order chi connectivity index (χ1) is 16.9. The zero-order valence-electron chi connectivity index (χ0n) is 19.8. The summed E-state index contributed by atoms with van der Waals surface area (Å²) in [6.45, 7) is 3.89. The number of aromatic nitrogens is 5. The molecule has 35 heavy (non-hydrogen) atoms. The van der Waals surface area contributed by atoms with Crippen molar-refractivity contribution in [1.29, 1.82) is 0 Å². The van der Waals surface area contributed by atoms with Gasteiger partial charge >= 0.3 is 0 Å². The topological polar surface area (TPSA) is 123 Å². The van der Waals surface area contributed by atoms with Crippen molar-refractivity contribution < 1.29 is 9.90 Å². The number of rotatable bonds is 6. The van der Waals surface area contributed by atoms with E-state index in [1.807, 2.05) is 54.9 Å². The Balaban J connectivity index is 1.49. The molecule has 6 rings (SSSR count). The SMILES string of the molecule is CC(C)NC(=O)C1(c2cccc(-c3cc(-c4ccnn4C4CC4)c4c(N)ncnn34)c2)CC(O)C1. The lowest BCUT2D eigenvalue weighted by Gasteiger charge is -2.44. The lowest BCUT2D eigenvalue weighted by Crippen LogP contribution is -2.56. The average Bonchev–Trinajstić information content (AvgIpc) is 3.40. The molecule has 2 fully saturated rings. The van der Waals surface area contributed by atoms with Crippen LogP contribution in [-0.4, -0.2) is 47.5 Å². The Bertz CT molecular complexity index is 1430. The number of aliphatic hydroxyl groups excluding tert-OH is 1. The summed E-state index contributed by atoms with van der Waals surface area (Å²) in [5, 5.41) is 22.3. The molecule has 4 N–H and O–H groups in total. The maximum atomic E-state index is 13.2. The van der Waals surface area contributed by atoms with E-state index in [1.54, 1.807) is 0 Å². The first-order valence-corrected chi connectivity index (χ1v) is 12.1. The second-order valence-electron chi connectivity index (χ2n) is 10.1. The molecule has 9 nitrogen and oxygen atoms in total. The van der Waals surface area contributed by atoms with Crippen LogP contribution >= 0.6 is 0 Å². The Morgan fingerprint density at radius 1 is 1.17 bits per heavy atom. The average molecular weight is 472 g/mol. The van der Waals surface area contributed by atoms with Gasteiger partial charge in [-0.25, -0.2) is 9.50 Å². The zero-order valence-corrected chi connectivity index (χ0v) is 19.8. The number of hydrogen-bond donors (Lipinski definition) is 3. The second kappa shape index (κ2) is 7.91. The third-order valence-corrected chi connectivity index (χ3v) is 7.16. The third-order valence-electron chi connectivity index (χ3n) is 7.16. The molecule has 0 atom stereocenters. The van der Waals surface area contributed by atoms with E-state index in [1.165, 1.54) is 6.33 Å². The van der Waals surface area contributed by atoms with Gasteiger partial charge in [-0.3, -0.25) is 9.48 Å². The predicted molar refractivity (Wildman–Crippen MR) is 133 cm³/mol. The Labute approximate surface area is 203 Å². The molecule has 2 aliphatic carbocycles. The van der Waals surface area contributed by atoms with Gasteiger partial charge < -0.3 is 16.2 Å². The Morgan fingerprint density at radius 3 is 2.69 bits per heavy atom. The van der Waals surface area contributed by atoms with Gasteiger partial charge in [0.05, 0.1) is 28.9 Å². The van der Waals surface area contributed by atoms with Crippen molar-refractivity contribution in [1.82, 2.24) is 29.7 Å². The Kier molecular flexibility index (Phi) is 4.93. The highest BCUT2D eigenvalue weighted by Crippen LogP contribution is 2.46. The lowest BCUT2D eigenvalue weighted by molar-refractivity contribution is -0.135. The smallest absolute Gasteiger partial charge is 0.231 e. The number of benzene rings is 1. The minimum Gasteiger partial charge on any atom is -0.393 e. The molecule has 1 aromatic carbocycles. The highest BCUT2D eigenvalue weighted by Gasteiger charge is 2.51. The minimum absolute atomic E-state index is 0.0217. The van der Waals surface area contributed by atoms with E-state index < -0.39 is 11.5 Å². The van der Waals surface area contributed by atoms with Crippen molar-refractivity contribution in [3.63, 3.8) is 0 Å². The maximum Gasteiger partial charge on any atom is 0.231 e. The maximum absolute atomic E-state index is 13.2. The lowest BCUT2D eigenvalue weighted by atomic mass is 9.61. The van der Waals surface area contributed by atoms with Gasteiger partial charge in [0.15, 0.2) is 5.82 Å². The van der Waals surface area contributed by atoms with Crippen LogP contribution in [0.3, 0.4) is 0 Å². The summed E-state index contributed by atoms with van der Waals surface area (Å²) >= 11 is 0. The van der Waals surface area contributed by atoms with Gasteiger partial charge in [0.2, 0.25) is 5.91 Å². The number of nitrogens with zero attached hydrogens (tertiary/aromatic N) is 5. The van der Waals surface area contributed by atoms with Crippen molar-refractivity contribution in [2.75, 3.05) is 5.73 Å². The molecule has 0 unspecified atom stereocenters. The van der Waals surface area contributed by atoms with Crippen molar-refractivity contribution >= 4 is 17.2 Å². The number of carbonyl (C=O) groups excluding carboxylic acids is 1. The molecule has 4 aromatic rings. The monoisotopic (exact) mass is 471 g/mol. The van der Waals surface area contributed by atoms with E-state index in [4.69, 9.17) is 5.73 Å². The Morgan fingerprint density at radius 2 is 1.97 bits per heavy atom. The van der Waals surface area contributed by atoms with Gasteiger partial charge in [0.1, 0.15) is 11.8 Å². The zero-order chi connectivity index (χ0) is 24.3. The predicted octanol–water partition coefficient (Wildman–Crippen LogP) is 3.09. The number of hydrogen-bond acceptors (Lipinski definition) is 6. The summed E-state index contributed by atoms with van der Waals surface area (Å²) in [7, 11) is 0. The van der Waals surface area contributed by atoms with Gasteiger partial charge in [-0.1, -0.05) is 18.2 Å². The van der Waals surface area contributed by atoms with E-state index in [-0.39, 0.29) is 11.9 Å². The van der Waals surface area contributed by atoms with Crippen LogP contribution in [0.2, 0.25) is 0 Å². The number of nitrogen functional groups attached to an aromatic ring is 1. The van der Waals surface area contributed by atoms with Gasteiger partial charge in [-0.05, 0) is 63.3 Å². The largest absolute Gasteiger partial charge is 0.393 e. The molecule has 2 saturated carbocycles. The molecule has 0 aliphatic heterocycles. The Hall–Kier alpha value is -3.72. The van der Waals surface area contributed by atoms with Gasteiger partial charge in [0, 0.05) is 23.4 Å². The van der Waals surface area contributed by atoms with E-state index in [2.05, 4.69) is 31.2 Å². The van der Waals surface area contributed by atoms with E-state index >= 15 is 0 Å². The van der Waals surface area contributed by atoms with Crippen LogP contribution in [0.25, 0.3) is 28.0 Å². The summed E-state index contributed by atoms with van der Waals surface area (Å²) in [6.07, 6.45) is 5.85. The normalized spacial score (nSPS) is 21.9. The summed E-state index contributed by atoms with van der Waals surface area (Å²) in [4.78, 5) is 17.4. The molecule has 2 aliphatic rings. The molecule has 3 heterocycles. The third kappa shape index (κ3) is 3.49. The van der Waals surface area contributed by atoms with Gasteiger partial charge in [-0.15, -0.1) is 0 Å².